The number of benzene rings is 4. The monoisotopic (exact) mass is 923 g/mol. The van der Waals surface area contributed by atoms with Crippen LogP contribution < -0.4 is 4.40 Å². The third-order valence-corrected chi connectivity index (χ3v) is 15.3. The minimum atomic E-state index is -1.77. The first-order valence-corrected chi connectivity index (χ1v) is 25.7. The molecule has 3 aromatic heterocycles. The first-order valence-electron chi connectivity index (χ1n) is 19.4. The fraction of sp³-hybridized carbons (Fsp3) is 0.277. The Morgan fingerprint density at radius 3 is 2.31 bits per heavy atom. The van der Waals surface area contributed by atoms with Crippen molar-refractivity contribution in [3.8, 4) is 33.6 Å². The molecular formula is C47H46GeIrN2O-2. The summed E-state index contributed by atoms with van der Waals surface area (Å²) in [6.45, 7) is 2.19. The molecule has 0 saturated heterocycles. The SMILES string of the molecule is Cc1cc(-c2[c-]cccc2)nc[c]1[Ge]([CH3])([CH3])[CH3].[2H]C([2H])(c1ccnc(-c2[c-]ccc3c2oc2cc(-c4ccccc4)ccc23)c1)C1CC2CCC1CC2.[Ir]. The van der Waals surface area contributed by atoms with Gasteiger partial charge in [-0.25, -0.2) is 0 Å². The van der Waals surface area contributed by atoms with E-state index in [2.05, 4.69) is 95.0 Å². The van der Waals surface area contributed by atoms with Gasteiger partial charge in [0.05, 0.1) is 5.58 Å². The number of aromatic nitrogens is 2. The molecule has 3 nitrogen and oxygen atoms in total. The van der Waals surface area contributed by atoms with Gasteiger partial charge in [-0.3, -0.25) is 0 Å². The Morgan fingerprint density at radius 1 is 0.788 bits per heavy atom. The Morgan fingerprint density at radius 2 is 1.60 bits per heavy atom. The van der Waals surface area contributed by atoms with Crippen LogP contribution in [0, 0.1) is 36.8 Å². The van der Waals surface area contributed by atoms with E-state index in [0.29, 0.717) is 17.5 Å². The maximum absolute atomic E-state index is 9.14. The van der Waals surface area contributed by atoms with E-state index in [-0.39, 0.29) is 26.0 Å². The van der Waals surface area contributed by atoms with E-state index in [1.807, 2.05) is 60.7 Å². The number of aryl methyl sites for hydroxylation is 1. The summed E-state index contributed by atoms with van der Waals surface area (Å²) in [6, 6.07) is 41.1. The Balaban J connectivity index is 0.000000211. The van der Waals surface area contributed by atoms with E-state index in [1.165, 1.54) is 35.6 Å². The maximum atomic E-state index is 9.14. The average Bonchev–Trinajstić information content (AvgIpc) is 3.57. The molecule has 0 aliphatic heterocycles. The molecular weight excluding hydrogens is 873 g/mol. The topological polar surface area (TPSA) is 38.9 Å². The minimum Gasteiger partial charge on any atom is -0.501 e. The fourth-order valence-electron chi connectivity index (χ4n) is 8.21. The Kier molecular flexibility index (Phi) is 10.2. The quantitative estimate of drug-likeness (QED) is 0.123. The predicted molar refractivity (Wildman–Crippen MR) is 215 cm³/mol. The average molecular weight is 922 g/mol. The molecule has 0 amide bonds. The standard InChI is InChI=1S/C32H28NO.C15H18GeN.Ir/c1-2-5-23(6-3-1)25-13-14-27-28-7-4-8-29(32(28)34-31(27)20-25)30-19-22(15-16-33-30)18-26-17-21-9-11-24(26)12-10-21;1-12-10-15(13-8-6-5-7-9-13)17-11-14(12)16(2,3)4;/h1-7,13-16,19-21,24,26H,9-12,17-18H2;5-8,10-11H,1-4H3;/q2*-1;/i18D2;;. The number of pyridine rings is 2. The van der Waals surface area contributed by atoms with Crippen LogP contribution in [0.2, 0.25) is 17.3 Å². The summed E-state index contributed by atoms with van der Waals surface area (Å²) in [4.78, 5) is 9.24. The van der Waals surface area contributed by atoms with Crippen molar-refractivity contribution in [3.63, 3.8) is 0 Å². The Bertz CT molecular complexity index is 2380. The van der Waals surface area contributed by atoms with Gasteiger partial charge in [0, 0.05) is 34.4 Å². The van der Waals surface area contributed by atoms with Gasteiger partial charge < -0.3 is 9.40 Å². The van der Waals surface area contributed by atoms with E-state index in [4.69, 9.17) is 7.16 Å². The molecule has 3 heterocycles. The second-order valence-corrected chi connectivity index (χ2v) is 26.0. The van der Waals surface area contributed by atoms with Crippen LogP contribution in [-0.2, 0) is 26.5 Å². The van der Waals surface area contributed by atoms with Crippen molar-refractivity contribution in [2.24, 2.45) is 17.8 Å². The number of nitrogens with zero attached hydrogens (tertiary/aromatic N) is 2. The molecule has 2 bridgehead atoms. The normalized spacial score (nSPS) is 19.0. The van der Waals surface area contributed by atoms with Crippen molar-refractivity contribution in [2.75, 3.05) is 0 Å². The zero-order valence-corrected chi connectivity index (χ0v) is 34.9. The summed E-state index contributed by atoms with van der Waals surface area (Å²) in [6.07, 6.45) is 8.34. The van der Waals surface area contributed by atoms with Crippen molar-refractivity contribution in [1.29, 1.82) is 0 Å². The molecule has 0 N–H and O–H groups in total. The van der Waals surface area contributed by atoms with Crippen molar-refractivity contribution < 1.29 is 27.3 Å². The molecule has 1 unspecified atom stereocenters. The van der Waals surface area contributed by atoms with E-state index >= 15 is 0 Å². The maximum Gasteiger partial charge on any atom is 0.121 e. The molecule has 7 aromatic rings. The van der Waals surface area contributed by atoms with Crippen LogP contribution in [-0.4, -0.2) is 23.2 Å². The second-order valence-electron chi connectivity index (χ2n) is 15.4. The third-order valence-electron chi connectivity index (χ3n) is 10.9. The smallest absolute Gasteiger partial charge is 0.121 e. The number of hydrogen-bond donors (Lipinski definition) is 0. The molecule has 3 aliphatic rings. The molecule has 3 saturated carbocycles. The molecule has 265 valence electrons. The van der Waals surface area contributed by atoms with Gasteiger partial charge in [0.25, 0.3) is 0 Å². The summed E-state index contributed by atoms with van der Waals surface area (Å²) < 4.78 is 26.2. The first-order chi connectivity index (χ1) is 25.6. The van der Waals surface area contributed by atoms with Crippen LogP contribution >= 0.6 is 0 Å². The van der Waals surface area contributed by atoms with Gasteiger partial charge in [0.15, 0.2) is 0 Å². The summed E-state index contributed by atoms with van der Waals surface area (Å²) in [5, 5.41) is 2.09. The fourth-order valence-corrected chi connectivity index (χ4v) is 11.8. The summed E-state index contributed by atoms with van der Waals surface area (Å²) in [7, 11) is 0. The largest absolute Gasteiger partial charge is 0.501 e. The minimum absolute atomic E-state index is 0. The van der Waals surface area contributed by atoms with Crippen molar-refractivity contribution in [2.45, 2.75) is 62.7 Å². The van der Waals surface area contributed by atoms with E-state index in [9.17, 15) is 0 Å². The van der Waals surface area contributed by atoms with Gasteiger partial charge in [0.1, 0.15) is 5.58 Å². The molecule has 4 aromatic carbocycles. The van der Waals surface area contributed by atoms with Gasteiger partial charge in [-0.05, 0) is 72.3 Å². The predicted octanol–water partition coefficient (Wildman–Crippen LogP) is 11.9. The summed E-state index contributed by atoms with van der Waals surface area (Å²) >= 11 is -1.77. The molecule has 3 fully saturated rings. The van der Waals surface area contributed by atoms with Gasteiger partial charge in [-0.1, -0.05) is 77.9 Å². The number of furan rings is 1. The van der Waals surface area contributed by atoms with Crippen LogP contribution in [0.3, 0.4) is 0 Å². The number of hydrogen-bond acceptors (Lipinski definition) is 3. The van der Waals surface area contributed by atoms with Crippen molar-refractivity contribution in [3.05, 3.63) is 139 Å². The van der Waals surface area contributed by atoms with Gasteiger partial charge in [0.2, 0.25) is 0 Å². The second kappa shape index (κ2) is 15.6. The van der Waals surface area contributed by atoms with E-state index in [0.717, 1.165) is 61.9 Å². The van der Waals surface area contributed by atoms with Crippen LogP contribution in [0.25, 0.3) is 55.6 Å². The van der Waals surface area contributed by atoms with E-state index in [1.54, 1.807) is 6.20 Å². The molecule has 52 heavy (non-hydrogen) atoms. The molecule has 1 atom stereocenters. The number of fused-ring (bicyclic) bond motifs is 6. The third kappa shape index (κ3) is 7.76. The zero-order valence-electron chi connectivity index (χ0n) is 32.4. The van der Waals surface area contributed by atoms with Crippen molar-refractivity contribution >= 4 is 39.6 Å². The summed E-state index contributed by atoms with van der Waals surface area (Å²) in [5.74, 6) is 8.47. The van der Waals surface area contributed by atoms with E-state index < -0.39 is 19.6 Å². The first kappa shape index (κ1) is 34.0. The van der Waals surface area contributed by atoms with Crippen LogP contribution in [0.5, 0.6) is 0 Å². The Labute approximate surface area is 327 Å². The number of rotatable bonds is 6. The van der Waals surface area contributed by atoms with Crippen LogP contribution in [0.4, 0.5) is 0 Å². The zero-order chi connectivity index (χ0) is 36.7. The molecule has 3 aliphatic carbocycles. The summed E-state index contributed by atoms with van der Waals surface area (Å²) in [5.41, 5.74) is 9.54. The van der Waals surface area contributed by atoms with Crippen molar-refractivity contribution in [1.82, 2.24) is 9.97 Å². The van der Waals surface area contributed by atoms with Gasteiger partial charge in [-0.2, -0.15) is 0 Å². The molecule has 1 radical (unpaired) electrons. The molecule has 5 heteroatoms. The molecule has 0 spiro atoms. The van der Waals surface area contributed by atoms with Gasteiger partial charge >= 0.3 is 106 Å². The Hall–Kier alpha value is -3.83. The molecule has 10 rings (SSSR count). The van der Waals surface area contributed by atoms with Crippen LogP contribution in [0.1, 0.15) is 46.0 Å². The van der Waals surface area contributed by atoms with Gasteiger partial charge in [-0.15, -0.1) is 18.2 Å². The van der Waals surface area contributed by atoms with Crippen LogP contribution in [0.15, 0.2) is 120 Å².